The molecule has 1 heterocycles. The summed E-state index contributed by atoms with van der Waals surface area (Å²) in [6.45, 7) is 11.3. The van der Waals surface area contributed by atoms with E-state index in [1.165, 1.54) is 0 Å². The summed E-state index contributed by atoms with van der Waals surface area (Å²) in [4.78, 5) is 7.92. The van der Waals surface area contributed by atoms with Gasteiger partial charge in [-0.3, -0.25) is 0 Å². The Balaban J connectivity index is 0.00000106. The molecule has 1 aromatic heterocycles. The molecule has 0 radical (unpaired) electrons. The summed E-state index contributed by atoms with van der Waals surface area (Å²) in [5, 5.41) is 3.47. The number of nitrogens with zero attached hydrogens (tertiary/aromatic N) is 2. The molecule has 16 heavy (non-hydrogen) atoms. The van der Waals surface area contributed by atoms with Gasteiger partial charge in [-0.1, -0.05) is 34.6 Å². The average molecular weight is 309 g/mol. The van der Waals surface area contributed by atoms with E-state index in [-0.39, 0.29) is 10.7 Å². The van der Waals surface area contributed by atoms with E-state index >= 15 is 0 Å². The Hall–Kier alpha value is -0.350. The maximum absolute atomic E-state index is 5.68. The summed E-state index contributed by atoms with van der Waals surface area (Å²) in [5.41, 5.74) is 0.205. The number of anilines is 1. The average Bonchev–Trinajstić information content (AvgIpc) is 2.21. The summed E-state index contributed by atoms with van der Waals surface area (Å²) in [6, 6.07) is 0. The van der Waals surface area contributed by atoms with Gasteiger partial charge in [0, 0.05) is 12.7 Å². The van der Waals surface area contributed by atoms with Gasteiger partial charge in [-0.25, -0.2) is 4.98 Å². The molecule has 1 aromatic rings. The van der Waals surface area contributed by atoms with E-state index in [2.05, 4.69) is 52.0 Å². The Kier molecular flexibility index (Phi) is 6.91. The van der Waals surface area contributed by atoms with Crippen LogP contribution in [0.3, 0.4) is 0 Å². The van der Waals surface area contributed by atoms with Crippen molar-refractivity contribution < 1.29 is 0 Å². The topological polar surface area (TPSA) is 37.8 Å². The van der Waals surface area contributed by atoms with E-state index < -0.39 is 0 Å². The SMILES string of the molecule is CC.CC(C)(C)CNc1nc(Cl)ncc1Br. The Morgan fingerprint density at radius 1 is 1.38 bits per heavy atom. The van der Waals surface area contributed by atoms with Crippen LogP contribution in [0.15, 0.2) is 10.7 Å². The third kappa shape index (κ3) is 6.28. The number of halogens is 2. The van der Waals surface area contributed by atoms with E-state index in [1.807, 2.05) is 13.8 Å². The van der Waals surface area contributed by atoms with Gasteiger partial charge in [0.2, 0.25) is 5.28 Å². The molecular formula is C11H19BrClN3. The van der Waals surface area contributed by atoms with Crippen LogP contribution < -0.4 is 5.32 Å². The van der Waals surface area contributed by atoms with Crippen LogP contribution in [0.5, 0.6) is 0 Å². The first kappa shape index (κ1) is 15.7. The van der Waals surface area contributed by atoms with E-state index in [0.717, 1.165) is 16.8 Å². The maximum atomic E-state index is 5.68. The zero-order chi connectivity index (χ0) is 12.8. The molecule has 0 aliphatic heterocycles. The number of rotatable bonds is 2. The Morgan fingerprint density at radius 2 is 1.94 bits per heavy atom. The predicted octanol–water partition coefficient (Wildman–Crippen LogP) is 4.38. The lowest BCUT2D eigenvalue weighted by atomic mass is 9.97. The van der Waals surface area contributed by atoms with Crippen molar-refractivity contribution in [2.24, 2.45) is 5.41 Å². The van der Waals surface area contributed by atoms with E-state index in [4.69, 9.17) is 11.6 Å². The minimum Gasteiger partial charge on any atom is -0.368 e. The van der Waals surface area contributed by atoms with Crippen LogP contribution in [0, 0.1) is 5.41 Å². The van der Waals surface area contributed by atoms with E-state index in [9.17, 15) is 0 Å². The van der Waals surface area contributed by atoms with Gasteiger partial charge in [0.25, 0.3) is 0 Å². The molecular weight excluding hydrogens is 289 g/mol. The summed E-state index contributed by atoms with van der Waals surface area (Å²) < 4.78 is 0.825. The molecule has 0 aliphatic rings. The van der Waals surface area contributed by atoms with Crippen LogP contribution in [0.1, 0.15) is 34.6 Å². The van der Waals surface area contributed by atoms with Crippen molar-refractivity contribution in [1.82, 2.24) is 9.97 Å². The molecule has 0 aliphatic carbocycles. The summed E-state index contributed by atoms with van der Waals surface area (Å²) in [5.74, 6) is 0.736. The maximum Gasteiger partial charge on any atom is 0.224 e. The molecule has 0 unspecified atom stereocenters. The molecule has 0 saturated carbocycles. The van der Waals surface area contributed by atoms with Crippen LogP contribution in [0.25, 0.3) is 0 Å². The van der Waals surface area contributed by atoms with Crippen molar-refractivity contribution in [2.75, 3.05) is 11.9 Å². The Labute approximate surface area is 111 Å². The highest BCUT2D eigenvalue weighted by Gasteiger charge is 2.11. The second-order valence-corrected chi connectivity index (χ2v) is 5.44. The third-order valence-electron chi connectivity index (χ3n) is 1.50. The second-order valence-electron chi connectivity index (χ2n) is 4.25. The first-order chi connectivity index (χ1) is 7.38. The van der Waals surface area contributed by atoms with Crippen LogP contribution >= 0.6 is 27.5 Å². The van der Waals surface area contributed by atoms with Gasteiger partial charge in [-0.15, -0.1) is 0 Å². The van der Waals surface area contributed by atoms with Crippen molar-refractivity contribution in [3.05, 3.63) is 16.0 Å². The quantitative estimate of drug-likeness (QED) is 0.824. The lowest BCUT2D eigenvalue weighted by Crippen LogP contribution is -2.19. The largest absolute Gasteiger partial charge is 0.368 e. The first-order valence-electron chi connectivity index (χ1n) is 5.30. The molecule has 0 bridgehead atoms. The highest BCUT2D eigenvalue weighted by Crippen LogP contribution is 2.22. The van der Waals surface area contributed by atoms with Crippen LogP contribution in [0.4, 0.5) is 5.82 Å². The lowest BCUT2D eigenvalue weighted by Gasteiger charge is -2.19. The van der Waals surface area contributed by atoms with E-state index in [1.54, 1.807) is 6.20 Å². The standard InChI is InChI=1S/C9H13BrClN3.C2H6/c1-9(2,3)5-13-7-6(10)4-12-8(11)14-7;1-2/h4H,5H2,1-3H3,(H,12,13,14);1-2H3. The third-order valence-corrected chi connectivity index (χ3v) is 2.26. The Bertz CT molecular complexity index is 323. The van der Waals surface area contributed by atoms with Crippen molar-refractivity contribution in [1.29, 1.82) is 0 Å². The summed E-state index contributed by atoms with van der Waals surface area (Å²) >= 11 is 9.04. The van der Waals surface area contributed by atoms with E-state index in [0.29, 0.717) is 0 Å². The lowest BCUT2D eigenvalue weighted by molar-refractivity contribution is 0.442. The van der Waals surface area contributed by atoms with Gasteiger partial charge in [0.05, 0.1) is 4.47 Å². The predicted molar refractivity (Wildman–Crippen MR) is 74.0 cm³/mol. The first-order valence-corrected chi connectivity index (χ1v) is 6.47. The molecule has 5 heteroatoms. The minimum absolute atomic E-state index is 0.205. The van der Waals surface area contributed by atoms with Gasteiger partial charge < -0.3 is 5.32 Å². The number of hydrogen-bond acceptors (Lipinski definition) is 3. The molecule has 1 rings (SSSR count). The van der Waals surface area contributed by atoms with Crippen LogP contribution in [0.2, 0.25) is 5.28 Å². The zero-order valence-electron chi connectivity index (χ0n) is 10.4. The summed E-state index contributed by atoms with van der Waals surface area (Å²) in [7, 11) is 0. The number of nitrogens with one attached hydrogen (secondary N) is 1. The van der Waals surface area contributed by atoms with Gasteiger partial charge in [-0.05, 0) is 32.9 Å². The van der Waals surface area contributed by atoms with Crippen LogP contribution in [-0.4, -0.2) is 16.5 Å². The molecule has 1 N–H and O–H groups in total. The fourth-order valence-electron chi connectivity index (χ4n) is 0.818. The molecule has 0 spiro atoms. The number of hydrogen-bond donors (Lipinski definition) is 1. The van der Waals surface area contributed by atoms with Gasteiger partial charge in [0.15, 0.2) is 0 Å². The van der Waals surface area contributed by atoms with Crippen molar-refractivity contribution in [3.8, 4) is 0 Å². The molecule has 3 nitrogen and oxygen atoms in total. The molecule has 0 atom stereocenters. The van der Waals surface area contributed by atoms with Gasteiger partial charge >= 0.3 is 0 Å². The molecule has 92 valence electrons. The molecule has 0 amide bonds. The Morgan fingerprint density at radius 3 is 2.44 bits per heavy atom. The summed E-state index contributed by atoms with van der Waals surface area (Å²) in [6.07, 6.45) is 1.64. The fourth-order valence-corrected chi connectivity index (χ4v) is 1.28. The monoisotopic (exact) mass is 307 g/mol. The van der Waals surface area contributed by atoms with Crippen molar-refractivity contribution >= 4 is 33.3 Å². The molecule has 0 saturated heterocycles. The van der Waals surface area contributed by atoms with Crippen molar-refractivity contribution in [3.63, 3.8) is 0 Å². The minimum atomic E-state index is 0.205. The fraction of sp³-hybridized carbons (Fsp3) is 0.636. The number of aromatic nitrogens is 2. The molecule has 0 aromatic carbocycles. The zero-order valence-corrected chi connectivity index (χ0v) is 12.8. The highest BCUT2D eigenvalue weighted by atomic mass is 79.9. The van der Waals surface area contributed by atoms with Crippen LogP contribution in [-0.2, 0) is 0 Å². The second kappa shape index (κ2) is 7.07. The van der Waals surface area contributed by atoms with Gasteiger partial charge in [0.1, 0.15) is 5.82 Å². The highest BCUT2D eigenvalue weighted by molar-refractivity contribution is 9.10. The molecule has 0 fully saturated rings. The van der Waals surface area contributed by atoms with Gasteiger partial charge in [-0.2, -0.15) is 4.98 Å². The smallest absolute Gasteiger partial charge is 0.224 e. The normalized spacial score (nSPS) is 10.4. The van der Waals surface area contributed by atoms with Crippen molar-refractivity contribution in [2.45, 2.75) is 34.6 Å².